The summed E-state index contributed by atoms with van der Waals surface area (Å²) in [6.45, 7) is 2.01. The van der Waals surface area contributed by atoms with Crippen LogP contribution in [0.4, 0.5) is 5.69 Å². The highest BCUT2D eigenvalue weighted by Crippen LogP contribution is 2.47. The Balaban J connectivity index is 1.15. The number of ether oxygens (including phenoxy) is 2. The predicted octanol–water partition coefficient (Wildman–Crippen LogP) is 6.73. The summed E-state index contributed by atoms with van der Waals surface area (Å²) in [5.41, 5.74) is 4.64. The molecule has 2 aliphatic carbocycles. The Morgan fingerprint density at radius 3 is 2.88 bits per heavy atom. The third-order valence-corrected chi connectivity index (χ3v) is 13.4. The van der Waals surface area contributed by atoms with Crippen LogP contribution in [-0.2, 0) is 37.7 Å². The Morgan fingerprint density at radius 2 is 2.06 bits per heavy atom. The average molecular weight is 742 g/mol. The third-order valence-electron chi connectivity index (χ3n) is 11.3. The van der Waals surface area contributed by atoms with E-state index in [1.165, 1.54) is 11.1 Å². The lowest BCUT2D eigenvalue weighted by Crippen LogP contribution is -2.49. The van der Waals surface area contributed by atoms with E-state index in [0.717, 1.165) is 55.9 Å². The van der Waals surface area contributed by atoms with Gasteiger partial charge in [-0.15, -0.1) is 4.36 Å². The first-order valence-electron chi connectivity index (χ1n) is 18.2. The number of carbonyl (C=O) groups is 2. The van der Waals surface area contributed by atoms with Crippen LogP contribution < -0.4 is 14.4 Å². The lowest BCUT2D eigenvalue weighted by atomic mass is 9.68. The van der Waals surface area contributed by atoms with Crippen molar-refractivity contribution in [3.63, 3.8) is 0 Å². The SMILES string of the molecule is CO[C@H]1/C=C\CCCS(=O)(NC(=O)Cc2cn3ccccc3n2)=NC(=O)c2ccc3c(c2)N(C[C@@H]2CC[C@H]21)C[C@@]1(CCCc2cc(Cl)ccc21)CO3. The summed E-state index contributed by atoms with van der Waals surface area (Å²) in [6.07, 6.45) is 13.9. The van der Waals surface area contributed by atoms with Crippen molar-refractivity contribution in [3.05, 3.63) is 107 Å². The number of aryl methyl sites for hydroxylation is 1. The number of pyridine rings is 1. The van der Waals surface area contributed by atoms with Gasteiger partial charge in [-0.1, -0.05) is 35.9 Å². The fraction of sp³-hybridized carbons (Fsp3) is 0.425. The molecule has 4 aromatic rings. The summed E-state index contributed by atoms with van der Waals surface area (Å²) in [6, 6.07) is 17.2. The van der Waals surface area contributed by atoms with Gasteiger partial charge in [0.15, 0.2) is 0 Å². The van der Waals surface area contributed by atoms with E-state index in [9.17, 15) is 13.8 Å². The quantitative estimate of drug-likeness (QED) is 0.231. The topological polar surface area (TPSA) is 115 Å². The summed E-state index contributed by atoms with van der Waals surface area (Å²) >= 11 is 6.46. The number of amides is 2. The Kier molecular flexibility index (Phi) is 9.61. The maximum atomic E-state index is 14.4. The zero-order valence-corrected chi connectivity index (χ0v) is 30.9. The fourth-order valence-electron chi connectivity index (χ4n) is 8.56. The minimum absolute atomic E-state index is 0.0236. The molecule has 0 saturated heterocycles. The number of nitrogens with zero attached hydrogens (tertiary/aromatic N) is 4. The molecule has 1 fully saturated rings. The van der Waals surface area contributed by atoms with E-state index in [4.69, 9.17) is 21.1 Å². The molecule has 8 rings (SSSR count). The zero-order valence-electron chi connectivity index (χ0n) is 29.3. The Labute approximate surface area is 309 Å². The number of rotatable bonds is 4. The van der Waals surface area contributed by atoms with Crippen molar-refractivity contribution in [1.82, 2.24) is 14.1 Å². The number of methoxy groups -OCH3 is 1. The third kappa shape index (κ3) is 6.98. The first-order valence-corrected chi connectivity index (χ1v) is 20.3. The van der Waals surface area contributed by atoms with Gasteiger partial charge in [-0.25, -0.2) is 9.19 Å². The molecule has 4 heterocycles. The number of benzene rings is 2. The second-order valence-electron chi connectivity index (χ2n) is 14.7. The molecule has 10 nitrogen and oxygen atoms in total. The zero-order chi connectivity index (χ0) is 35.9. The van der Waals surface area contributed by atoms with Gasteiger partial charge in [0, 0.05) is 48.6 Å². The van der Waals surface area contributed by atoms with Crippen molar-refractivity contribution >= 4 is 44.7 Å². The minimum atomic E-state index is -3.47. The number of imidazole rings is 1. The van der Waals surface area contributed by atoms with Gasteiger partial charge in [0.25, 0.3) is 5.91 Å². The van der Waals surface area contributed by atoms with Gasteiger partial charge in [-0.05, 0) is 110 Å². The molecule has 2 bridgehead atoms. The molecule has 272 valence electrons. The second kappa shape index (κ2) is 14.3. The smallest absolute Gasteiger partial charge is 0.286 e. The molecule has 5 atom stereocenters. The van der Waals surface area contributed by atoms with Crippen molar-refractivity contribution in [2.45, 2.75) is 62.9 Å². The summed E-state index contributed by atoms with van der Waals surface area (Å²) in [5, 5.41) is 0.740. The summed E-state index contributed by atoms with van der Waals surface area (Å²) in [5.74, 6) is 0.321. The van der Waals surface area contributed by atoms with E-state index in [2.05, 4.69) is 43.3 Å². The number of anilines is 1. The van der Waals surface area contributed by atoms with E-state index in [1.807, 2.05) is 47.0 Å². The lowest BCUT2D eigenvalue weighted by molar-refractivity contribution is -0.118. The molecule has 12 heteroatoms. The van der Waals surface area contributed by atoms with Gasteiger partial charge >= 0.3 is 0 Å². The Hall–Kier alpha value is -4.19. The van der Waals surface area contributed by atoms with Crippen LogP contribution >= 0.6 is 11.6 Å². The number of halogens is 1. The number of aromatic nitrogens is 2. The molecule has 2 amide bonds. The standard InChI is InChI=1S/C40H44ClN5O5S/c1-50-35-9-3-2-6-19-52(49,43-38(47)22-31-24-45-18-5-4-10-37(45)42-31)44-39(48)28-12-16-36-34(21-28)46(23-29-11-14-32(29)35)25-40(26-51-36)17-7-8-27-20-30(41)13-15-33(27)40/h3-5,9-10,12-13,15-16,18,20-21,24,29,32,35H,2,6-8,11,14,17,19,22-23,25-26H2,1H3,(H,43,44,47,48,49)/b9-3-/t29-,32+,35-,40-,52?/m0/s1. The largest absolute Gasteiger partial charge is 0.490 e. The maximum Gasteiger partial charge on any atom is 0.286 e. The van der Waals surface area contributed by atoms with Crippen molar-refractivity contribution in [2.24, 2.45) is 16.2 Å². The van der Waals surface area contributed by atoms with Crippen LogP contribution in [-0.4, -0.2) is 64.1 Å². The first kappa shape index (κ1) is 34.9. The summed E-state index contributed by atoms with van der Waals surface area (Å²) in [4.78, 5) is 34.2. The van der Waals surface area contributed by atoms with Crippen LogP contribution in [0.2, 0.25) is 5.02 Å². The molecule has 52 heavy (non-hydrogen) atoms. The van der Waals surface area contributed by atoms with Crippen LogP contribution in [0.5, 0.6) is 5.75 Å². The molecule has 4 aliphatic rings. The molecular formula is C40H44ClN5O5S. The Bertz CT molecular complexity index is 2140. The normalized spacial score (nSPS) is 28.1. The number of allylic oxidation sites excluding steroid dienone is 1. The monoisotopic (exact) mass is 741 g/mol. The number of fused-ring (bicyclic) bond motifs is 5. The number of nitrogens with one attached hydrogen (secondary N) is 1. The molecule has 1 N–H and O–H groups in total. The van der Waals surface area contributed by atoms with Crippen LogP contribution in [0.3, 0.4) is 0 Å². The number of hydrogen-bond donors (Lipinski definition) is 1. The Morgan fingerprint density at radius 1 is 1.15 bits per heavy atom. The molecule has 1 saturated carbocycles. The van der Waals surface area contributed by atoms with Crippen molar-refractivity contribution in [1.29, 1.82) is 0 Å². The molecule has 2 aromatic heterocycles. The molecule has 2 aliphatic heterocycles. The van der Waals surface area contributed by atoms with Gasteiger partial charge in [0.2, 0.25) is 5.91 Å². The van der Waals surface area contributed by atoms with E-state index in [0.29, 0.717) is 53.9 Å². The van der Waals surface area contributed by atoms with Gasteiger partial charge in [-0.3, -0.25) is 14.3 Å². The highest BCUT2D eigenvalue weighted by Gasteiger charge is 2.44. The van der Waals surface area contributed by atoms with Crippen molar-refractivity contribution in [3.8, 4) is 5.75 Å². The van der Waals surface area contributed by atoms with Crippen molar-refractivity contribution in [2.75, 3.05) is 37.5 Å². The van der Waals surface area contributed by atoms with Crippen LogP contribution in [0, 0.1) is 11.8 Å². The van der Waals surface area contributed by atoms with E-state index in [1.54, 1.807) is 19.4 Å². The van der Waals surface area contributed by atoms with Gasteiger partial charge in [-0.2, -0.15) is 0 Å². The van der Waals surface area contributed by atoms with Crippen LogP contribution in [0.25, 0.3) is 5.65 Å². The van der Waals surface area contributed by atoms with Gasteiger partial charge < -0.3 is 18.8 Å². The average Bonchev–Trinajstić information content (AvgIpc) is 3.45. The second-order valence-corrected chi connectivity index (χ2v) is 17.2. The van der Waals surface area contributed by atoms with Crippen molar-refractivity contribution < 1.29 is 23.3 Å². The highest BCUT2D eigenvalue weighted by molar-refractivity contribution is 7.92. The molecular weight excluding hydrogens is 698 g/mol. The lowest BCUT2D eigenvalue weighted by Gasteiger charge is -2.46. The maximum absolute atomic E-state index is 14.4. The number of hydrogen-bond acceptors (Lipinski definition) is 7. The molecule has 1 unspecified atom stereocenters. The van der Waals surface area contributed by atoms with E-state index < -0.39 is 21.7 Å². The van der Waals surface area contributed by atoms with Gasteiger partial charge in [0.05, 0.1) is 36.3 Å². The minimum Gasteiger partial charge on any atom is -0.490 e. The van der Waals surface area contributed by atoms with E-state index in [-0.39, 0.29) is 23.7 Å². The van der Waals surface area contributed by atoms with Crippen LogP contribution in [0.15, 0.2) is 83.5 Å². The summed E-state index contributed by atoms with van der Waals surface area (Å²) < 4.78 is 35.8. The van der Waals surface area contributed by atoms with Gasteiger partial charge in [0.1, 0.15) is 21.3 Å². The number of carbonyl (C=O) groups excluding carboxylic acids is 2. The first-order chi connectivity index (χ1) is 25.2. The highest BCUT2D eigenvalue weighted by atomic mass is 35.5. The predicted molar refractivity (Wildman–Crippen MR) is 202 cm³/mol. The summed E-state index contributed by atoms with van der Waals surface area (Å²) in [7, 11) is -1.71. The molecule has 2 aromatic carbocycles. The molecule has 0 radical (unpaired) electrons. The van der Waals surface area contributed by atoms with Crippen LogP contribution in [0.1, 0.15) is 65.7 Å². The van der Waals surface area contributed by atoms with E-state index >= 15 is 0 Å². The fourth-order valence-corrected chi connectivity index (χ4v) is 10.4. The molecule has 1 spiro atoms.